The van der Waals surface area contributed by atoms with E-state index in [0.29, 0.717) is 12.1 Å². The van der Waals surface area contributed by atoms with Crippen LogP contribution in [-0.2, 0) is 30.7 Å². The van der Waals surface area contributed by atoms with Gasteiger partial charge in [0.25, 0.3) is 0 Å². The lowest BCUT2D eigenvalue weighted by Gasteiger charge is -2.08. The van der Waals surface area contributed by atoms with Crippen molar-refractivity contribution in [3.8, 4) is 0 Å². The molecule has 1 N–H and O–H groups in total. The molecule has 2 aromatic rings. The predicted molar refractivity (Wildman–Crippen MR) is 79.5 cm³/mol. The van der Waals surface area contributed by atoms with Crippen LogP contribution < -0.4 is 5.32 Å². The van der Waals surface area contributed by atoms with Crippen molar-refractivity contribution >= 4 is 5.91 Å². The Bertz CT molecular complexity index is 668. The quantitative estimate of drug-likeness (QED) is 0.940. The lowest BCUT2D eigenvalue weighted by Crippen LogP contribution is -2.26. The zero-order valence-electron chi connectivity index (χ0n) is 12.4. The molecule has 0 saturated carbocycles. The van der Waals surface area contributed by atoms with Crippen LogP contribution in [0.4, 0.5) is 4.39 Å². The number of halogens is 1. The van der Waals surface area contributed by atoms with E-state index >= 15 is 0 Å². The van der Waals surface area contributed by atoms with Crippen LogP contribution in [0, 0.1) is 5.82 Å². The van der Waals surface area contributed by atoms with Crippen LogP contribution in [0.5, 0.6) is 0 Å². The molecule has 1 aliphatic rings. The van der Waals surface area contributed by atoms with Crippen molar-refractivity contribution in [1.29, 1.82) is 0 Å². The predicted octanol–water partition coefficient (Wildman–Crippen LogP) is 2.00. The number of benzene rings is 1. The topological polar surface area (TPSA) is 59.8 Å². The maximum atomic E-state index is 13.5. The zero-order chi connectivity index (χ0) is 15.4. The minimum Gasteiger partial charge on any atom is -0.349 e. The van der Waals surface area contributed by atoms with Crippen molar-refractivity contribution in [2.24, 2.45) is 0 Å². The summed E-state index contributed by atoms with van der Waals surface area (Å²) in [7, 11) is 0. The molecule has 6 heteroatoms. The van der Waals surface area contributed by atoms with Gasteiger partial charge in [0.05, 0.1) is 13.0 Å². The Labute approximate surface area is 128 Å². The smallest absolute Gasteiger partial charge is 0.224 e. The maximum absolute atomic E-state index is 13.5. The molecule has 22 heavy (non-hydrogen) atoms. The number of nitrogens with one attached hydrogen (secondary N) is 1. The van der Waals surface area contributed by atoms with E-state index in [1.54, 1.807) is 18.2 Å². The highest BCUT2D eigenvalue weighted by Gasteiger charge is 2.15. The summed E-state index contributed by atoms with van der Waals surface area (Å²) in [6.07, 6.45) is 4.42. The molecule has 0 bridgehead atoms. The highest BCUT2D eigenvalue weighted by atomic mass is 19.1. The van der Waals surface area contributed by atoms with Crippen molar-refractivity contribution in [2.45, 2.75) is 45.2 Å². The van der Waals surface area contributed by atoms with Crippen molar-refractivity contribution < 1.29 is 9.18 Å². The van der Waals surface area contributed by atoms with Gasteiger partial charge in [0.15, 0.2) is 5.82 Å². The summed E-state index contributed by atoms with van der Waals surface area (Å²) in [6.45, 7) is 1.24. The van der Waals surface area contributed by atoms with Gasteiger partial charge >= 0.3 is 0 Å². The summed E-state index contributed by atoms with van der Waals surface area (Å²) < 4.78 is 15.6. The van der Waals surface area contributed by atoms with Gasteiger partial charge < -0.3 is 9.88 Å². The molecule has 1 aromatic heterocycles. The van der Waals surface area contributed by atoms with Crippen molar-refractivity contribution in [3.63, 3.8) is 0 Å². The van der Waals surface area contributed by atoms with Gasteiger partial charge in [-0.05, 0) is 24.5 Å². The Morgan fingerprint density at radius 1 is 1.23 bits per heavy atom. The number of hydrogen-bond acceptors (Lipinski definition) is 3. The van der Waals surface area contributed by atoms with Gasteiger partial charge in [-0.25, -0.2) is 4.39 Å². The third kappa shape index (κ3) is 3.32. The minimum absolute atomic E-state index is 0.0354. The molecular weight excluding hydrogens is 283 g/mol. The fourth-order valence-corrected chi connectivity index (χ4v) is 2.73. The molecule has 1 amide bonds. The Hall–Kier alpha value is -2.24. The second-order valence-corrected chi connectivity index (χ2v) is 5.54. The number of aryl methyl sites for hydroxylation is 1. The first kappa shape index (κ1) is 14.7. The largest absolute Gasteiger partial charge is 0.349 e. The average Bonchev–Trinajstić information content (AvgIpc) is 2.75. The summed E-state index contributed by atoms with van der Waals surface area (Å²) in [5.74, 6) is 1.21. The first-order chi connectivity index (χ1) is 10.7. The maximum Gasteiger partial charge on any atom is 0.224 e. The molecule has 0 saturated heterocycles. The van der Waals surface area contributed by atoms with E-state index in [0.717, 1.165) is 37.5 Å². The molecule has 2 heterocycles. The second-order valence-electron chi connectivity index (χ2n) is 5.54. The van der Waals surface area contributed by atoms with Crippen LogP contribution in [0.25, 0.3) is 0 Å². The summed E-state index contributed by atoms with van der Waals surface area (Å²) >= 11 is 0. The van der Waals surface area contributed by atoms with Gasteiger partial charge in [-0.1, -0.05) is 24.6 Å². The first-order valence-corrected chi connectivity index (χ1v) is 7.65. The highest BCUT2D eigenvalue weighted by Crippen LogP contribution is 2.14. The lowest BCUT2D eigenvalue weighted by atomic mass is 10.1. The van der Waals surface area contributed by atoms with Crippen LogP contribution >= 0.6 is 0 Å². The van der Waals surface area contributed by atoms with E-state index in [2.05, 4.69) is 20.1 Å². The van der Waals surface area contributed by atoms with Gasteiger partial charge in [0, 0.05) is 13.0 Å². The third-order valence-corrected chi connectivity index (χ3v) is 3.94. The summed E-state index contributed by atoms with van der Waals surface area (Å²) in [5, 5.41) is 11.2. The SMILES string of the molecule is O=C(Cc1ccccc1F)NCc1nnc2n1CCCCC2. The monoisotopic (exact) mass is 302 g/mol. The number of rotatable bonds is 4. The second kappa shape index (κ2) is 6.68. The summed E-state index contributed by atoms with van der Waals surface area (Å²) in [6, 6.07) is 6.32. The number of carbonyl (C=O) groups excluding carboxylic acids is 1. The van der Waals surface area contributed by atoms with Crippen molar-refractivity contribution in [2.75, 3.05) is 0 Å². The normalized spacial score (nSPS) is 14.2. The van der Waals surface area contributed by atoms with E-state index in [1.165, 1.54) is 12.5 Å². The van der Waals surface area contributed by atoms with Crippen LogP contribution in [0.15, 0.2) is 24.3 Å². The van der Waals surface area contributed by atoms with Crippen molar-refractivity contribution in [1.82, 2.24) is 20.1 Å². The van der Waals surface area contributed by atoms with E-state index in [4.69, 9.17) is 0 Å². The molecule has 0 fully saturated rings. The van der Waals surface area contributed by atoms with E-state index < -0.39 is 0 Å². The lowest BCUT2D eigenvalue weighted by molar-refractivity contribution is -0.120. The molecule has 0 spiro atoms. The third-order valence-electron chi connectivity index (χ3n) is 3.94. The molecule has 0 radical (unpaired) electrons. The standard InChI is InChI=1S/C16H19FN4O/c17-13-7-4-3-6-12(13)10-16(22)18-11-15-20-19-14-8-2-1-5-9-21(14)15/h3-4,6-7H,1-2,5,8-11H2,(H,18,22). The van der Waals surface area contributed by atoms with Crippen molar-refractivity contribution in [3.05, 3.63) is 47.3 Å². The van der Waals surface area contributed by atoms with Gasteiger partial charge in [-0.2, -0.15) is 0 Å². The molecule has 0 atom stereocenters. The van der Waals surface area contributed by atoms with Gasteiger partial charge in [-0.3, -0.25) is 4.79 Å². The average molecular weight is 302 g/mol. The van der Waals surface area contributed by atoms with Gasteiger partial charge in [0.2, 0.25) is 5.91 Å². The molecule has 0 aliphatic carbocycles. The fourth-order valence-electron chi connectivity index (χ4n) is 2.73. The number of hydrogen-bond donors (Lipinski definition) is 1. The van der Waals surface area contributed by atoms with Gasteiger partial charge in [-0.15, -0.1) is 10.2 Å². The molecule has 116 valence electrons. The van der Waals surface area contributed by atoms with Crippen LogP contribution in [0.3, 0.4) is 0 Å². The van der Waals surface area contributed by atoms with Crippen LogP contribution in [0.2, 0.25) is 0 Å². The Balaban J connectivity index is 1.60. The Morgan fingerprint density at radius 3 is 2.95 bits per heavy atom. The number of carbonyl (C=O) groups is 1. The Morgan fingerprint density at radius 2 is 2.09 bits per heavy atom. The van der Waals surface area contributed by atoms with E-state index in [-0.39, 0.29) is 18.1 Å². The molecule has 1 aromatic carbocycles. The molecule has 0 unspecified atom stereocenters. The number of fused-ring (bicyclic) bond motifs is 1. The van der Waals surface area contributed by atoms with E-state index in [1.807, 2.05) is 0 Å². The van der Waals surface area contributed by atoms with E-state index in [9.17, 15) is 9.18 Å². The highest BCUT2D eigenvalue weighted by molar-refractivity contribution is 5.78. The van der Waals surface area contributed by atoms with Crippen LogP contribution in [0.1, 0.15) is 36.5 Å². The first-order valence-electron chi connectivity index (χ1n) is 7.65. The minimum atomic E-state index is -0.353. The number of amides is 1. The molecule has 3 rings (SSSR count). The number of aromatic nitrogens is 3. The van der Waals surface area contributed by atoms with Crippen LogP contribution in [-0.4, -0.2) is 20.7 Å². The summed E-state index contributed by atoms with van der Waals surface area (Å²) in [4.78, 5) is 12.0. The molecular formula is C16H19FN4O. The zero-order valence-corrected chi connectivity index (χ0v) is 12.4. The molecule has 1 aliphatic heterocycles. The number of nitrogens with zero attached hydrogens (tertiary/aromatic N) is 3. The Kier molecular flexibility index (Phi) is 4.46. The fraction of sp³-hybridized carbons (Fsp3) is 0.438. The van der Waals surface area contributed by atoms with Gasteiger partial charge in [0.1, 0.15) is 11.6 Å². The summed E-state index contributed by atoms with van der Waals surface area (Å²) in [5.41, 5.74) is 0.403. The molecule has 5 nitrogen and oxygen atoms in total.